The van der Waals surface area contributed by atoms with Crippen LogP contribution in [0.1, 0.15) is 73.6 Å². The van der Waals surface area contributed by atoms with Crippen LogP contribution in [0, 0.1) is 23.2 Å². The number of nitrogens with one attached hydrogen (secondary N) is 3. The van der Waals surface area contributed by atoms with Crippen molar-refractivity contribution in [2.45, 2.75) is 82.7 Å². The number of rotatable bonds is 14. The molecule has 2 aromatic carbocycles. The Hall–Kier alpha value is -4.41. The number of nitrogens with two attached hydrogens (primary N) is 4. The van der Waals surface area contributed by atoms with Gasteiger partial charge in [-0.05, 0) is 79.9 Å². The number of primary amides is 1. The number of nitrogen functional groups attached to an aromatic ring is 1. The lowest BCUT2D eigenvalue weighted by molar-refractivity contribution is -0.135. The van der Waals surface area contributed by atoms with E-state index in [1.807, 2.05) is 24.3 Å². The number of amidine groups is 1. The third-order valence-corrected chi connectivity index (χ3v) is 9.32. The van der Waals surface area contributed by atoms with E-state index in [2.05, 4.69) is 27.8 Å². The fourth-order valence-electron chi connectivity index (χ4n) is 6.79. The first kappa shape index (κ1) is 33.5. The lowest BCUT2D eigenvalue weighted by Crippen LogP contribution is -2.57. The SMILES string of the molecule is N=C(N)c1ccc(C[C@H](C(=O)N[C@H](C(=O)NC(CCCN=C(N)N)C(N)=O)C2CCCCC2)C2CCc3ccccc3C2)cc1. The summed E-state index contributed by atoms with van der Waals surface area (Å²) in [5.74, 6) is -1.59. The molecule has 0 heterocycles. The Morgan fingerprint density at radius 3 is 2.18 bits per heavy atom. The van der Waals surface area contributed by atoms with Crippen molar-refractivity contribution >= 4 is 29.5 Å². The lowest BCUT2D eigenvalue weighted by atomic mass is 9.74. The van der Waals surface area contributed by atoms with E-state index in [9.17, 15) is 14.4 Å². The Balaban J connectivity index is 1.56. The molecule has 2 unspecified atom stereocenters. The van der Waals surface area contributed by atoms with Crippen molar-refractivity contribution in [2.75, 3.05) is 6.54 Å². The molecule has 1 fully saturated rings. The molecular formula is C34H48N8O3. The summed E-state index contributed by atoms with van der Waals surface area (Å²) in [6.45, 7) is 0.310. The zero-order valence-electron chi connectivity index (χ0n) is 26.0. The first-order valence-electron chi connectivity index (χ1n) is 16.1. The Kier molecular flexibility index (Phi) is 11.9. The quantitative estimate of drug-likeness (QED) is 0.0956. The van der Waals surface area contributed by atoms with Gasteiger partial charge in [-0.15, -0.1) is 0 Å². The molecule has 0 bridgehead atoms. The molecule has 1 saturated carbocycles. The minimum Gasteiger partial charge on any atom is -0.384 e. The van der Waals surface area contributed by atoms with E-state index in [0.717, 1.165) is 56.9 Å². The predicted octanol–water partition coefficient (Wildman–Crippen LogP) is 2.02. The second-order valence-electron chi connectivity index (χ2n) is 12.5. The molecule has 0 spiro atoms. The van der Waals surface area contributed by atoms with E-state index in [4.69, 9.17) is 28.3 Å². The maximum Gasteiger partial charge on any atom is 0.243 e. The highest BCUT2D eigenvalue weighted by molar-refractivity contribution is 5.95. The number of carbonyl (C=O) groups excluding carboxylic acids is 3. The Bertz CT molecular complexity index is 1370. The van der Waals surface area contributed by atoms with Crippen LogP contribution in [0.3, 0.4) is 0 Å². The molecule has 0 radical (unpaired) electrons. The minimum atomic E-state index is -0.903. The Morgan fingerprint density at radius 2 is 1.53 bits per heavy atom. The van der Waals surface area contributed by atoms with Gasteiger partial charge < -0.3 is 33.6 Å². The van der Waals surface area contributed by atoms with Gasteiger partial charge >= 0.3 is 0 Å². The smallest absolute Gasteiger partial charge is 0.243 e. The van der Waals surface area contributed by atoms with Crippen molar-refractivity contribution in [3.8, 4) is 0 Å². The summed E-state index contributed by atoms with van der Waals surface area (Å²) >= 11 is 0. The second kappa shape index (κ2) is 16.1. The summed E-state index contributed by atoms with van der Waals surface area (Å²) in [5.41, 5.74) is 26.3. The van der Waals surface area contributed by atoms with E-state index < -0.39 is 18.0 Å². The minimum absolute atomic E-state index is 0.00781. The molecule has 11 heteroatoms. The number of carbonyl (C=O) groups is 3. The molecule has 0 aromatic heterocycles. The van der Waals surface area contributed by atoms with Crippen molar-refractivity contribution in [1.29, 1.82) is 5.41 Å². The van der Waals surface area contributed by atoms with E-state index in [0.29, 0.717) is 24.9 Å². The van der Waals surface area contributed by atoms with Crippen LogP contribution in [0.2, 0.25) is 0 Å². The van der Waals surface area contributed by atoms with Crippen LogP contribution in [-0.2, 0) is 33.6 Å². The monoisotopic (exact) mass is 616 g/mol. The topological polar surface area (TPSA) is 216 Å². The van der Waals surface area contributed by atoms with Gasteiger partial charge in [0.1, 0.15) is 17.9 Å². The van der Waals surface area contributed by atoms with Crippen LogP contribution >= 0.6 is 0 Å². The van der Waals surface area contributed by atoms with Gasteiger partial charge in [-0.1, -0.05) is 67.8 Å². The highest BCUT2D eigenvalue weighted by atomic mass is 16.2. The number of fused-ring (bicyclic) bond motifs is 1. The molecule has 3 amide bonds. The normalized spacial score (nSPS) is 18.4. The van der Waals surface area contributed by atoms with Crippen molar-refractivity contribution < 1.29 is 14.4 Å². The number of hydrogen-bond donors (Lipinski definition) is 7. The molecule has 0 saturated heterocycles. The average Bonchev–Trinajstić information content (AvgIpc) is 3.03. The first-order valence-corrected chi connectivity index (χ1v) is 16.1. The Labute approximate surface area is 265 Å². The number of nitrogens with zero attached hydrogens (tertiary/aromatic N) is 1. The van der Waals surface area contributed by atoms with Crippen LogP contribution in [0.25, 0.3) is 0 Å². The summed E-state index contributed by atoms with van der Waals surface area (Å²) in [5, 5.41) is 13.7. The maximum absolute atomic E-state index is 14.3. The molecular weight excluding hydrogens is 568 g/mol. The van der Waals surface area contributed by atoms with Crippen molar-refractivity contribution in [3.63, 3.8) is 0 Å². The number of amides is 3. The molecule has 45 heavy (non-hydrogen) atoms. The summed E-state index contributed by atoms with van der Waals surface area (Å²) in [4.78, 5) is 44.4. The molecule has 2 aliphatic rings. The lowest BCUT2D eigenvalue weighted by Gasteiger charge is -2.35. The molecule has 2 aromatic rings. The molecule has 11 nitrogen and oxygen atoms in total. The number of hydrogen-bond acceptors (Lipinski definition) is 5. The second-order valence-corrected chi connectivity index (χ2v) is 12.5. The molecule has 2 aliphatic carbocycles. The number of aryl methyl sites for hydroxylation is 1. The number of aliphatic imine (C=N–C) groups is 1. The molecule has 4 rings (SSSR count). The van der Waals surface area contributed by atoms with Gasteiger partial charge in [0, 0.05) is 18.0 Å². The number of benzene rings is 2. The van der Waals surface area contributed by atoms with Crippen molar-refractivity contribution in [1.82, 2.24) is 10.6 Å². The van der Waals surface area contributed by atoms with E-state index in [1.54, 1.807) is 12.1 Å². The van der Waals surface area contributed by atoms with Crippen LogP contribution in [0.5, 0.6) is 0 Å². The van der Waals surface area contributed by atoms with E-state index in [1.165, 1.54) is 11.1 Å². The van der Waals surface area contributed by atoms with Gasteiger partial charge in [0.2, 0.25) is 17.7 Å². The fraction of sp³-hybridized carbons (Fsp3) is 0.500. The van der Waals surface area contributed by atoms with Gasteiger partial charge in [-0.3, -0.25) is 24.8 Å². The van der Waals surface area contributed by atoms with Gasteiger partial charge in [-0.25, -0.2) is 0 Å². The van der Waals surface area contributed by atoms with E-state index in [-0.39, 0.29) is 47.8 Å². The molecule has 11 N–H and O–H groups in total. The summed E-state index contributed by atoms with van der Waals surface area (Å²) in [6, 6.07) is 14.1. The molecule has 242 valence electrons. The van der Waals surface area contributed by atoms with Gasteiger partial charge in [0.05, 0.1) is 0 Å². The number of guanidine groups is 1. The molecule has 4 atom stereocenters. The van der Waals surface area contributed by atoms with Gasteiger partial charge in [0.15, 0.2) is 5.96 Å². The van der Waals surface area contributed by atoms with Gasteiger partial charge in [0.25, 0.3) is 0 Å². The van der Waals surface area contributed by atoms with Crippen LogP contribution in [0.15, 0.2) is 53.5 Å². The third-order valence-electron chi connectivity index (χ3n) is 9.32. The highest BCUT2D eigenvalue weighted by Crippen LogP contribution is 2.33. The summed E-state index contributed by atoms with van der Waals surface area (Å²) < 4.78 is 0. The van der Waals surface area contributed by atoms with Crippen LogP contribution in [-0.4, -0.2) is 48.1 Å². The van der Waals surface area contributed by atoms with Crippen LogP contribution in [0.4, 0.5) is 0 Å². The van der Waals surface area contributed by atoms with Crippen molar-refractivity contribution in [3.05, 3.63) is 70.8 Å². The maximum atomic E-state index is 14.3. The molecule has 0 aliphatic heterocycles. The van der Waals surface area contributed by atoms with E-state index >= 15 is 0 Å². The van der Waals surface area contributed by atoms with Gasteiger partial charge in [-0.2, -0.15) is 0 Å². The summed E-state index contributed by atoms with van der Waals surface area (Å²) in [6.07, 6.45) is 8.44. The highest BCUT2D eigenvalue weighted by Gasteiger charge is 2.37. The zero-order chi connectivity index (χ0) is 32.3. The first-order chi connectivity index (χ1) is 21.6. The third kappa shape index (κ3) is 9.54. The van der Waals surface area contributed by atoms with Crippen LogP contribution < -0.4 is 33.6 Å². The van der Waals surface area contributed by atoms with Crippen molar-refractivity contribution in [2.24, 2.45) is 45.7 Å². The zero-order valence-corrected chi connectivity index (χ0v) is 26.0. The Morgan fingerprint density at radius 1 is 0.844 bits per heavy atom. The largest absolute Gasteiger partial charge is 0.384 e. The predicted molar refractivity (Wildman–Crippen MR) is 176 cm³/mol. The fourth-order valence-corrected chi connectivity index (χ4v) is 6.79. The standard InChI is InChI=1S/C34H48N8O3/c35-30(36)24-14-12-21(13-15-24)19-27(26-17-16-22-7-4-5-10-25(22)20-26)32(44)42-29(23-8-2-1-3-9-23)33(45)41-28(31(37)43)11-6-18-40-34(38)39/h4-5,7,10,12-15,23,26-29H,1-3,6,8-9,11,16-20H2,(H3,35,36)(H2,37,43)(H,41,45)(H,42,44)(H4,38,39,40)/t26?,27-,28?,29-/m0/s1. The average molecular weight is 617 g/mol. The summed E-state index contributed by atoms with van der Waals surface area (Å²) in [7, 11) is 0.